The van der Waals surface area contributed by atoms with Crippen LogP contribution in [0.4, 0.5) is 0 Å². The van der Waals surface area contributed by atoms with Gasteiger partial charge in [-0.25, -0.2) is 0 Å². The van der Waals surface area contributed by atoms with E-state index in [-0.39, 0.29) is 0 Å². The molecule has 5 nitrogen and oxygen atoms in total. The summed E-state index contributed by atoms with van der Waals surface area (Å²) in [6.07, 6.45) is 1.77. The molecule has 2 rings (SSSR count). The van der Waals surface area contributed by atoms with Crippen LogP contribution in [0.5, 0.6) is 5.75 Å². The molecule has 0 aliphatic heterocycles. The average molecular weight is 261 g/mol. The maximum atomic E-state index is 6.17. The molecule has 102 valence electrons. The molecule has 0 saturated heterocycles. The molecule has 1 atom stereocenters. The lowest BCUT2D eigenvalue weighted by Gasteiger charge is -2.18. The van der Waals surface area contributed by atoms with Gasteiger partial charge in [0.25, 0.3) is 0 Å². The van der Waals surface area contributed by atoms with Gasteiger partial charge in [-0.1, -0.05) is 18.5 Å². The maximum absolute atomic E-state index is 6.17. The Balaban J connectivity index is 2.25. The fraction of sp³-hybridized carbons (Fsp3) is 0.429. The summed E-state index contributed by atoms with van der Waals surface area (Å²) in [5.41, 5.74) is 6.47. The summed E-state index contributed by atoms with van der Waals surface area (Å²) in [6.45, 7) is 3.98. The lowest BCUT2D eigenvalue weighted by Crippen LogP contribution is -2.33. The monoisotopic (exact) mass is 261 g/mol. The molecule has 1 aromatic heterocycles. The van der Waals surface area contributed by atoms with Crippen molar-refractivity contribution in [3.8, 4) is 17.1 Å². The van der Waals surface area contributed by atoms with Gasteiger partial charge in [0.05, 0.1) is 12.6 Å². The van der Waals surface area contributed by atoms with Gasteiger partial charge in [0, 0.05) is 5.56 Å². The third kappa shape index (κ3) is 2.93. The molecule has 1 heterocycles. The Morgan fingerprint density at radius 1 is 1.32 bits per heavy atom. The molecule has 0 fully saturated rings. The Labute approximate surface area is 112 Å². The molecule has 2 aromatic rings. The molecule has 0 aliphatic carbocycles. The van der Waals surface area contributed by atoms with Crippen LogP contribution in [0.2, 0.25) is 0 Å². The number of ether oxygens (including phenoxy) is 1. The van der Waals surface area contributed by atoms with Crippen LogP contribution in [0.3, 0.4) is 0 Å². The fourth-order valence-corrected chi connectivity index (χ4v) is 1.94. The number of hydrogen-bond donors (Lipinski definition) is 1. The van der Waals surface area contributed by atoms with E-state index in [1.54, 1.807) is 7.11 Å². The van der Waals surface area contributed by atoms with E-state index in [4.69, 9.17) is 15.0 Å². The number of nitrogens with zero attached hydrogens (tertiary/aromatic N) is 2. The zero-order chi connectivity index (χ0) is 13.9. The van der Waals surface area contributed by atoms with E-state index in [1.807, 2.05) is 31.2 Å². The van der Waals surface area contributed by atoms with Gasteiger partial charge in [-0.15, -0.1) is 0 Å². The highest BCUT2D eigenvalue weighted by atomic mass is 16.5. The highest BCUT2D eigenvalue weighted by Crippen LogP contribution is 2.25. The van der Waals surface area contributed by atoms with Crippen LogP contribution in [0.15, 0.2) is 28.8 Å². The average Bonchev–Trinajstić information content (AvgIpc) is 2.89. The summed E-state index contributed by atoms with van der Waals surface area (Å²) in [7, 11) is 1.63. The van der Waals surface area contributed by atoms with Crippen LogP contribution in [0, 0.1) is 0 Å². The van der Waals surface area contributed by atoms with E-state index < -0.39 is 5.54 Å². The molecule has 0 bridgehead atoms. The topological polar surface area (TPSA) is 74.2 Å². The minimum Gasteiger partial charge on any atom is -0.497 e. The van der Waals surface area contributed by atoms with Gasteiger partial charge in [0.2, 0.25) is 11.7 Å². The molecular weight excluding hydrogens is 242 g/mol. The van der Waals surface area contributed by atoms with Crippen molar-refractivity contribution in [2.45, 2.75) is 32.2 Å². The smallest absolute Gasteiger partial charge is 0.246 e. The molecule has 5 heteroatoms. The summed E-state index contributed by atoms with van der Waals surface area (Å²) < 4.78 is 10.4. The van der Waals surface area contributed by atoms with Gasteiger partial charge in [0.15, 0.2) is 0 Å². The molecule has 2 N–H and O–H groups in total. The fourth-order valence-electron chi connectivity index (χ4n) is 1.94. The van der Waals surface area contributed by atoms with Gasteiger partial charge in [-0.3, -0.25) is 0 Å². The molecule has 0 saturated carbocycles. The first-order valence-corrected chi connectivity index (χ1v) is 6.34. The number of benzene rings is 1. The summed E-state index contributed by atoms with van der Waals surface area (Å²) in [5.74, 6) is 1.81. The first kappa shape index (κ1) is 13.5. The van der Waals surface area contributed by atoms with Crippen molar-refractivity contribution in [3.63, 3.8) is 0 Å². The second-order valence-electron chi connectivity index (χ2n) is 4.82. The van der Waals surface area contributed by atoms with Crippen LogP contribution in [0.25, 0.3) is 11.4 Å². The van der Waals surface area contributed by atoms with Crippen molar-refractivity contribution in [2.24, 2.45) is 5.73 Å². The summed E-state index contributed by atoms with van der Waals surface area (Å²) in [6, 6.07) is 7.50. The second kappa shape index (κ2) is 5.40. The van der Waals surface area contributed by atoms with Crippen molar-refractivity contribution in [1.82, 2.24) is 10.1 Å². The van der Waals surface area contributed by atoms with E-state index in [1.165, 1.54) is 0 Å². The van der Waals surface area contributed by atoms with Gasteiger partial charge < -0.3 is 15.0 Å². The number of aromatic nitrogens is 2. The number of hydrogen-bond acceptors (Lipinski definition) is 5. The van der Waals surface area contributed by atoms with Crippen molar-refractivity contribution in [3.05, 3.63) is 30.2 Å². The number of nitrogens with two attached hydrogens (primary N) is 1. The Hall–Kier alpha value is -1.88. The minimum absolute atomic E-state index is 0.472. The molecule has 0 radical (unpaired) electrons. The van der Waals surface area contributed by atoms with Gasteiger partial charge in [-0.05, 0) is 37.6 Å². The van der Waals surface area contributed by atoms with Gasteiger partial charge >= 0.3 is 0 Å². The lowest BCUT2D eigenvalue weighted by molar-refractivity contribution is 0.284. The molecular formula is C14H19N3O2. The van der Waals surface area contributed by atoms with E-state index in [2.05, 4.69) is 17.1 Å². The predicted octanol–water partition coefficient (Wildman–Crippen LogP) is 2.72. The normalized spacial score (nSPS) is 14.1. The Bertz CT molecular complexity index is 532. The summed E-state index contributed by atoms with van der Waals surface area (Å²) in [4.78, 5) is 4.38. The first-order chi connectivity index (χ1) is 9.06. The maximum Gasteiger partial charge on any atom is 0.246 e. The van der Waals surface area contributed by atoms with Crippen LogP contribution in [-0.2, 0) is 5.54 Å². The Kier molecular flexibility index (Phi) is 3.85. The van der Waals surface area contributed by atoms with Crippen LogP contribution in [-0.4, -0.2) is 17.3 Å². The quantitative estimate of drug-likeness (QED) is 0.895. The lowest BCUT2D eigenvalue weighted by atomic mass is 9.98. The molecule has 0 aliphatic rings. The minimum atomic E-state index is -0.577. The number of rotatable bonds is 5. The van der Waals surface area contributed by atoms with Crippen molar-refractivity contribution in [2.75, 3.05) is 7.11 Å². The third-order valence-electron chi connectivity index (χ3n) is 3.03. The van der Waals surface area contributed by atoms with E-state index >= 15 is 0 Å². The highest BCUT2D eigenvalue weighted by Gasteiger charge is 2.27. The summed E-state index contributed by atoms with van der Waals surface area (Å²) in [5, 5.41) is 3.98. The Morgan fingerprint density at radius 2 is 2.00 bits per heavy atom. The van der Waals surface area contributed by atoms with Crippen molar-refractivity contribution in [1.29, 1.82) is 0 Å². The molecule has 1 aromatic carbocycles. The molecule has 0 spiro atoms. The van der Waals surface area contributed by atoms with Crippen LogP contribution in [0.1, 0.15) is 32.6 Å². The van der Waals surface area contributed by atoms with Crippen molar-refractivity contribution >= 4 is 0 Å². The summed E-state index contributed by atoms with van der Waals surface area (Å²) >= 11 is 0. The largest absolute Gasteiger partial charge is 0.497 e. The molecule has 1 unspecified atom stereocenters. The highest BCUT2D eigenvalue weighted by molar-refractivity contribution is 5.55. The zero-order valence-corrected chi connectivity index (χ0v) is 11.5. The van der Waals surface area contributed by atoms with E-state index in [9.17, 15) is 0 Å². The van der Waals surface area contributed by atoms with Crippen LogP contribution < -0.4 is 10.5 Å². The molecule has 0 amide bonds. The SMILES string of the molecule is CCCC(C)(N)c1nc(-c2ccc(OC)cc2)no1. The van der Waals surface area contributed by atoms with Gasteiger partial charge in [-0.2, -0.15) is 4.98 Å². The number of methoxy groups -OCH3 is 1. The first-order valence-electron chi connectivity index (χ1n) is 6.34. The second-order valence-corrected chi connectivity index (χ2v) is 4.82. The predicted molar refractivity (Wildman–Crippen MR) is 72.7 cm³/mol. The molecule has 19 heavy (non-hydrogen) atoms. The van der Waals surface area contributed by atoms with Crippen molar-refractivity contribution < 1.29 is 9.26 Å². The van der Waals surface area contributed by atoms with Crippen LogP contribution >= 0.6 is 0 Å². The standard InChI is InChI=1S/C14H19N3O2/c1-4-9-14(2,15)13-16-12(17-19-13)10-5-7-11(18-3)8-6-10/h5-8H,4,9,15H2,1-3H3. The Morgan fingerprint density at radius 3 is 2.58 bits per heavy atom. The van der Waals surface area contributed by atoms with E-state index in [0.717, 1.165) is 24.2 Å². The van der Waals surface area contributed by atoms with Gasteiger partial charge in [0.1, 0.15) is 5.75 Å². The zero-order valence-electron chi connectivity index (χ0n) is 11.5. The van der Waals surface area contributed by atoms with E-state index in [0.29, 0.717) is 11.7 Å². The third-order valence-corrected chi connectivity index (χ3v) is 3.03.